The first-order chi connectivity index (χ1) is 10.9. The molecule has 1 amide bonds. The van der Waals surface area contributed by atoms with E-state index in [0.29, 0.717) is 10.8 Å². The lowest BCUT2D eigenvalue weighted by atomic mass is 10.1. The maximum Gasteiger partial charge on any atom is 0.260 e. The number of aryl methyl sites for hydroxylation is 2. The second-order valence-electron chi connectivity index (χ2n) is 4.98. The van der Waals surface area contributed by atoms with Gasteiger partial charge in [-0.3, -0.25) is 14.8 Å². The molecule has 1 N–H and O–H groups in total. The molecule has 0 fully saturated rings. The standard InChI is InChI=1S/C15H12F2N4OS/c1-8-3-12(17)10(4-11(8)16)14(22)20-15-19-13(7-23-15)9-5-18-21(2)6-9/h3-7H,1-2H3,(H,19,20,22). The Labute approximate surface area is 134 Å². The van der Waals surface area contributed by atoms with E-state index in [9.17, 15) is 13.6 Å². The maximum atomic E-state index is 13.8. The van der Waals surface area contributed by atoms with Gasteiger partial charge in [0.15, 0.2) is 5.13 Å². The number of amides is 1. The van der Waals surface area contributed by atoms with E-state index in [1.807, 2.05) is 0 Å². The number of hydrogen-bond donors (Lipinski definition) is 1. The second kappa shape index (κ2) is 5.88. The van der Waals surface area contributed by atoms with Crippen molar-refractivity contribution in [1.82, 2.24) is 14.8 Å². The highest BCUT2D eigenvalue weighted by atomic mass is 32.1. The highest BCUT2D eigenvalue weighted by Crippen LogP contribution is 2.25. The van der Waals surface area contributed by atoms with E-state index in [-0.39, 0.29) is 11.1 Å². The molecule has 0 radical (unpaired) electrons. The molecule has 3 aromatic rings. The number of carbonyl (C=O) groups is 1. The molecular weight excluding hydrogens is 322 g/mol. The van der Waals surface area contributed by atoms with Crippen molar-refractivity contribution in [2.45, 2.75) is 6.92 Å². The first-order valence-corrected chi connectivity index (χ1v) is 7.53. The third-order valence-corrected chi connectivity index (χ3v) is 3.98. The number of hydrogen-bond acceptors (Lipinski definition) is 4. The molecule has 2 aromatic heterocycles. The van der Waals surface area contributed by atoms with Crippen LogP contribution in [-0.4, -0.2) is 20.7 Å². The molecule has 118 valence electrons. The Balaban J connectivity index is 1.81. The number of benzene rings is 1. The summed E-state index contributed by atoms with van der Waals surface area (Å²) in [4.78, 5) is 16.3. The summed E-state index contributed by atoms with van der Waals surface area (Å²) in [5.74, 6) is -2.15. The van der Waals surface area contributed by atoms with Gasteiger partial charge in [-0.05, 0) is 24.6 Å². The number of carbonyl (C=O) groups excluding carboxylic acids is 1. The summed E-state index contributed by atoms with van der Waals surface area (Å²) in [6, 6.07) is 1.88. The number of nitrogens with zero attached hydrogens (tertiary/aromatic N) is 3. The minimum absolute atomic E-state index is 0.146. The van der Waals surface area contributed by atoms with Crippen LogP contribution in [-0.2, 0) is 7.05 Å². The SMILES string of the molecule is Cc1cc(F)c(C(=O)Nc2nc(-c3cnn(C)c3)cs2)cc1F. The summed E-state index contributed by atoms with van der Waals surface area (Å²) in [5, 5.41) is 8.57. The van der Waals surface area contributed by atoms with Gasteiger partial charge < -0.3 is 0 Å². The van der Waals surface area contributed by atoms with E-state index >= 15 is 0 Å². The second-order valence-corrected chi connectivity index (χ2v) is 5.83. The summed E-state index contributed by atoms with van der Waals surface area (Å²) in [7, 11) is 1.78. The highest BCUT2D eigenvalue weighted by molar-refractivity contribution is 7.14. The van der Waals surface area contributed by atoms with Crippen LogP contribution >= 0.6 is 11.3 Å². The molecule has 5 nitrogen and oxygen atoms in total. The van der Waals surface area contributed by atoms with E-state index in [2.05, 4.69) is 15.4 Å². The Morgan fingerprint density at radius 3 is 2.78 bits per heavy atom. The topological polar surface area (TPSA) is 59.8 Å². The average Bonchev–Trinajstić information content (AvgIpc) is 3.11. The molecule has 0 unspecified atom stereocenters. The predicted molar refractivity (Wildman–Crippen MR) is 83.4 cm³/mol. The molecule has 0 aliphatic heterocycles. The van der Waals surface area contributed by atoms with Gasteiger partial charge in [0.1, 0.15) is 11.6 Å². The Hall–Kier alpha value is -2.61. The van der Waals surface area contributed by atoms with Crippen molar-refractivity contribution in [3.8, 4) is 11.3 Å². The third-order valence-electron chi connectivity index (χ3n) is 3.22. The number of nitrogens with one attached hydrogen (secondary N) is 1. The molecular formula is C15H12F2N4OS. The van der Waals surface area contributed by atoms with Crippen LogP contribution in [0.3, 0.4) is 0 Å². The molecule has 23 heavy (non-hydrogen) atoms. The first-order valence-electron chi connectivity index (χ1n) is 6.65. The van der Waals surface area contributed by atoms with Crippen LogP contribution in [0, 0.1) is 18.6 Å². The summed E-state index contributed by atoms with van der Waals surface area (Å²) < 4.78 is 29.0. The van der Waals surface area contributed by atoms with Crippen molar-refractivity contribution in [2.24, 2.45) is 7.05 Å². The van der Waals surface area contributed by atoms with Crippen LogP contribution in [0.1, 0.15) is 15.9 Å². The van der Waals surface area contributed by atoms with E-state index in [4.69, 9.17) is 0 Å². The number of anilines is 1. The van der Waals surface area contributed by atoms with Gasteiger partial charge in [-0.2, -0.15) is 5.10 Å². The van der Waals surface area contributed by atoms with Gasteiger partial charge in [0, 0.05) is 24.2 Å². The van der Waals surface area contributed by atoms with Gasteiger partial charge in [0.2, 0.25) is 0 Å². The quantitative estimate of drug-likeness (QED) is 0.799. The molecule has 1 aromatic carbocycles. The lowest BCUT2D eigenvalue weighted by molar-refractivity contribution is 0.102. The van der Waals surface area contributed by atoms with Gasteiger partial charge in [-0.1, -0.05) is 0 Å². The molecule has 2 heterocycles. The van der Waals surface area contributed by atoms with Crippen molar-refractivity contribution in [2.75, 3.05) is 5.32 Å². The van der Waals surface area contributed by atoms with E-state index in [1.165, 1.54) is 18.3 Å². The first kappa shape index (κ1) is 15.3. The van der Waals surface area contributed by atoms with E-state index in [0.717, 1.165) is 17.7 Å². The van der Waals surface area contributed by atoms with Crippen LogP contribution in [0.4, 0.5) is 13.9 Å². The van der Waals surface area contributed by atoms with E-state index < -0.39 is 17.5 Å². The van der Waals surface area contributed by atoms with Gasteiger partial charge in [-0.25, -0.2) is 13.8 Å². The number of thiazole rings is 1. The Kier molecular flexibility index (Phi) is 3.91. The maximum absolute atomic E-state index is 13.8. The van der Waals surface area contributed by atoms with Gasteiger partial charge in [-0.15, -0.1) is 11.3 Å². The molecule has 0 saturated heterocycles. The molecule has 0 atom stereocenters. The third kappa shape index (κ3) is 3.11. The highest BCUT2D eigenvalue weighted by Gasteiger charge is 2.16. The molecule has 0 saturated carbocycles. The number of halogens is 2. The van der Waals surface area contributed by atoms with Crippen LogP contribution < -0.4 is 5.32 Å². The van der Waals surface area contributed by atoms with Crippen LogP contribution in [0.25, 0.3) is 11.3 Å². The van der Waals surface area contributed by atoms with Crippen molar-refractivity contribution in [3.05, 3.63) is 52.7 Å². The fraction of sp³-hybridized carbons (Fsp3) is 0.133. The Morgan fingerprint density at radius 2 is 2.09 bits per heavy atom. The summed E-state index contributed by atoms with van der Waals surface area (Å²) in [6.45, 7) is 1.43. The zero-order valence-electron chi connectivity index (χ0n) is 12.3. The molecule has 8 heteroatoms. The fourth-order valence-corrected chi connectivity index (χ4v) is 2.72. The normalized spacial score (nSPS) is 10.8. The summed E-state index contributed by atoms with van der Waals surface area (Å²) >= 11 is 1.19. The monoisotopic (exact) mass is 334 g/mol. The van der Waals surface area contributed by atoms with Gasteiger partial charge >= 0.3 is 0 Å². The van der Waals surface area contributed by atoms with Crippen molar-refractivity contribution < 1.29 is 13.6 Å². The van der Waals surface area contributed by atoms with Crippen molar-refractivity contribution in [3.63, 3.8) is 0 Å². The number of rotatable bonds is 3. The summed E-state index contributed by atoms with van der Waals surface area (Å²) in [5.41, 5.74) is 1.24. The average molecular weight is 334 g/mol. The number of aromatic nitrogens is 3. The zero-order chi connectivity index (χ0) is 16.6. The zero-order valence-corrected chi connectivity index (χ0v) is 13.1. The van der Waals surface area contributed by atoms with E-state index in [1.54, 1.807) is 29.5 Å². The van der Waals surface area contributed by atoms with Crippen molar-refractivity contribution in [1.29, 1.82) is 0 Å². The Morgan fingerprint density at radius 1 is 1.30 bits per heavy atom. The molecule has 0 aliphatic carbocycles. The largest absolute Gasteiger partial charge is 0.298 e. The van der Waals surface area contributed by atoms with Gasteiger partial charge in [0.05, 0.1) is 17.5 Å². The minimum Gasteiger partial charge on any atom is -0.298 e. The van der Waals surface area contributed by atoms with Crippen LogP contribution in [0.15, 0.2) is 29.9 Å². The lowest BCUT2D eigenvalue weighted by Gasteiger charge is -2.05. The van der Waals surface area contributed by atoms with Crippen LogP contribution in [0.5, 0.6) is 0 Å². The van der Waals surface area contributed by atoms with Crippen LogP contribution in [0.2, 0.25) is 0 Å². The molecule has 0 bridgehead atoms. The molecule has 0 spiro atoms. The molecule has 3 rings (SSSR count). The van der Waals surface area contributed by atoms with Gasteiger partial charge in [0.25, 0.3) is 5.91 Å². The molecule has 0 aliphatic rings. The fourth-order valence-electron chi connectivity index (χ4n) is 2.00. The minimum atomic E-state index is -0.773. The predicted octanol–water partition coefficient (Wildman–Crippen LogP) is 3.38. The smallest absolute Gasteiger partial charge is 0.260 e. The lowest BCUT2D eigenvalue weighted by Crippen LogP contribution is -2.14. The Bertz CT molecular complexity index is 887. The van der Waals surface area contributed by atoms with Crippen molar-refractivity contribution >= 4 is 22.4 Å². The summed E-state index contributed by atoms with van der Waals surface area (Å²) in [6.07, 6.45) is 3.44.